The second-order valence-corrected chi connectivity index (χ2v) is 1.06. The Hall–Kier alpha value is -0.530. The number of esters is 1. The molecule has 1 fully saturated rings. The second kappa shape index (κ2) is 1.29. The number of hydrogen-bond donors (Lipinski definition) is 0. The van der Waals surface area contributed by atoms with Gasteiger partial charge in [-0.15, -0.1) is 0 Å². The number of carbonyl (C=O) groups excluding carboxylic acids is 1. The summed E-state index contributed by atoms with van der Waals surface area (Å²) in [6.45, 7) is 0.527. The molecule has 0 atom stereocenters. The van der Waals surface area contributed by atoms with Crippen LogP contribution >= 0.6 is 0 Å². The van der Waals surface area contributed by atoms with Crippen LogP contribution in [0.15, 0.2) is 0 Å². The van der Waals surface area contributed by atoms with Crippen molar-refractivity contribution < 1.29 is 9.53 Å². The van der Waals surface area contributed by atoms with Gasteiger partial charge in [0.1, 0.15) is 6.42 Å². The van der Waals surface area contributed by atoms with E-state index in [2.05, 4.69) is 11.2 Å². The van der Waals surface area contributed by atoms with Crippen LogP contribution in [0.1, 0.15) is 6.42 Å². The number of ether oxygens (including phenoxy) is 1. The molecular weight excluding hydrogens is 80.0 g/mol. The number of hydrogen-bond acceptors (Lipinski definition) is 2. The maximum atomic E-state index is 9.91. The molecule has 2 nitrogen and oxygen atoms in total. The van der Waals surface area contributed by atoms with E-state index in [1.807, 2.05) is 0 Å². The molecule has 2 radical (unpaired) electrons. The predicted octanol–water partition coefficient (Wildman–Crippen LogP) is 0.0146. The Morgan fingerprint density at radius 3 is 2.83 bits per heavy atom. The minimum absolute atomic E-state index is 0.296. The van der Waals surface area contributed by atoms with Gasteiger partial charge in [0.05, 0.1) is 6.61 Å². The van der Waals surface area contributed by atoms with E-state index >= 15 is 0 Å². The number of cyclic esters (lactones) is 1. The molecule has 0 unspecified atom stereocenters. The van der Waals surface area contributed by atoms with Gasteiger partial charge in [-0.3, -0.25) is 4.79 Å². The van der Waals surface area contributed by atoms with Gasteiger partial charge in [0.15, 0.2) is 0 Å². The summed E-state index contributed by atoms with van der Waals surface area (Å²) in [4.78, 5) is 9.91. The first kappa shape index (κ1) is 3.65. The van der Waals surface area contributed by atoms with Gasteiger partial charge < -0.3 is 4.74 Å². The van der Waals surface area contributed by atoms with Crippen LogP contribution in [0, 0.1) is 6.42 Å². The van der Waals surface area contributed by atoms with E-state index in [-0.39, 0.29) is 5.97 Å². The van der Waals surface area contributed by atoms with Crippen molar-refractivity contribution in [2.24, 2.45) is 0 Å². The van der Waals surface area contributed by atoms with Crippen LogP contribution in [0.25, 0.3) is 0 Å². The molecular formula is C4H4O2. The number of rotatable bonds is 0. The molecule has 0 spiro atoms. The summed E-state index contributed by atoms with van der Waals surface area (Å²) in [5.74, 6) is -0.296. The average Bonchev–Trinajstić information content (AvgIpc) is 1.86. The molecule has 0 amide bonds. The van der Waals surface area contributed by atoms with E-state index < -0.39 is 0 Å². The van der Waals surface area contributed by atoms with Gasteiger partial charge >= 0.3 is 5.97 Å². The quantitative estimate of drug-likeness (QED) is 0.386. The summed E-state index contributed by atoms with van der Waals surface area (Å²) in [5, 5.41) is 0. The molecule has 6 heavy (non-hydrogen) atoms. The van der Waals surface area contributed by atoms with Crippen molar-refractivity contribution in [1.82, 2.24) is 0 Å². The molecule has 0 bridgehead atoms. The summed E-state index contributed by atoms with van der Waals surface area (Å²) >= 11 is 0. The van der Waals surface area contributed by atoms with Gasteiger partial charge in [-0.25, -0.2) is 0 Å². The first-order chi connectivity index (χ1) is 2.89. The lowest BCUT2D eigenvalue weighted by Gasteiger charge is -1.80. The molecule has 1 aliphatic rings. The molecule has 32 valence electrons. The SMILES string of the molecule is O=C1[C]CCO1. The highest BCUT2D eigenvalue weighted by Crippen LogP contribution is 1.99. The zero-order valence-corrected chi connectivity index (χ0v) is 3.23. The van der Waals surface area contributed by atoms with Crippen molar-refractivity contribution in [2.45, 2.75) is 6.42 Å². The maximum absolute atomic E-state index is 9.91. The van der Waals surface area contributed by atoms with Crippen LogP contribution in [0.2, 0.25) is 0 Å². The predicted molar refractivity (Wildman–Crippen MR) is 18.8 cm³/mol. The summed E-state index contributed by atoms with van der Waals surface area (Å²) in [7, 11) is 0. The Morgan fingerprint density at radius 1 is 1.83 bits per heavy atom. The van der Waals surface area contributed by atoms with Crippen molar-refractivity contribution >= 4 is 5.97 Å². The lowest BCUT2D eigenvalue weighted by atomic mass is 10.4. The first-order valence-corrected chi connectivity index (χ1v) is 1.80. The van der Waals surface area contributed by atoms with Crippen molar-refractivity contribution in [1.29, 1.82) is 0 Å². The molecule has 0 N–H and O–H groups in total. The Bertz CT molecular complexity index is 59.9. The molecule has 1 heterocycles. The summed E-state index contributed by atoms with van der Waals surface area (Å²) in [5.41, 5.74) is 0. The molecule has 0 aromatic heterocycles. The molecule has 1 aliphatic heterocycles. The van der Waals surface area contributed by atoms with Gasteiger partial charge in [-0.2, -0.15) is 0 Å². The van der Waals surface area contributed by atoms with Gasteiger partial charge in [0, 0.05) is 0 Å². The van der Waals surface area contributed by atoms with Crippen LogP contribution in [0.4, 0.5) is 0 Å². The smallest absolute Gasteiger partial charge is 0.314 e. The lowest BCUT2D eigenvalue weighted by Crippen LogP contribution is -1.89. The largest absolute Gasteiger partial charge is 0.465 e. The minimum atomic E-state index is -0.296. The Kier molecular flexibility index (Phi) is 0.783. The molecule has 0 aliphatic carbocycles. The Balaban J connectivity index is 2.37. The van der Waals surface area contributed by atoms with E-state index in [0.29, 0.717) is 13.0 Å². The summed E-state index contributed by atoms with van der Waals surface area (Å²) < 4.78 is 4.40. The standard InChI is InChI=1S/C4H4O2/c5-4-2-1-3-6-4/h1,3H2. The van der Waals surface area contributed by atoms with E-state index in [1.54, 1.807) is 0 Å². The van der Waals surface area contributed by atoms with Crippen LogP contribution in [-0.4, -0.2) is 12.6 Å². The molecule has 0 saturated carbocycles. The Labute approximate surface area is 36.1 Å². The highest BCUT2D eigenvalue weighted by molar-refractivity contribution is 5.80. The van der Waals surface area contributed by atoms with E-state index in [0.717, 1.165) is 0 Å². The third-order valence-corrected chi connectivity index (χ3v) is 0.605. The maximum Gasteiger partial charge on any atom is 0.314 e. The molecule has 1 saturated heterocycles. The van der Waals surface area contributed by atoms with Crippen molar-refractivity contribution in [3.05, 3.63) is 6.42 Å². The van der Waals surface area contributed by atoms with Gasteiger partial charge in [-0.1, -0.05) is 0 Å². The van der Waals surface area contributed by atoms with Crippen molar-refractivity contribution in [2.75, 3.05) is 6.61 Å². The van der Waals surface area contributed by atoms with E-state index in [4.69, 9.17) is 0 Å². The zero-order valence-electron chi connectivity index (χ0n) is 3.23. The van der Waals surface area contributed by atoms with Crippen LogP contribution < -0.4 is 0 Å². The van der Waals surface area contributed by atoms with Gasteiger partial charge in [0.25, 0.3) is 0 Å². The van der Waals surface area contributed by atoms with Crippen LogP contribution in [0.3, 0.4) is 0 Å². The fourth-order valence-corrected chi connectivity index (χ4v) is 0.348. The van der Waals surface area contributed by atoms with Gasteiger partial charge in [-0.05, 0) is 6.42 Å². The topological polar surface area (TPSA) is 26.3 Å². The fraction of sp³-hybridized carbons (Fsp3) is 0.500. The summed E-state index contributed by atoms with van der Waals surface area (Å²) in [6, 6.07) is 0. The van der Waals surface area contributed by atoms with Crippen LogP contribution in [0.5, 0.6) is 0 Å². The third kappa shape index (κ3) is 0.506. The highest BCUT2D eigenvalue weighted by Gasteiger charge is 2.09. The molecule has 0 aromatic carbocycles. The van der Waals surface area contributed by atoms with E-state index in [9.17, 15) is 4.79 Å². The van der Waals surface area contributed by atoms with E-state index in [1.165, 1.54) is 0 Å². The first-order valence-electron chi connectivity index (χ1n) is 1.80. The third-order valence-electron chi connectivity index (χ3n) is 0.605. The average molecular weight is 84.1 g/mol. The van der Waals surface area contributed by atoms with Crippen molar-refractivity contribution in [3.63, 3.8) is 0 Å². The van der Waals surface area contributed by atoms with Gasteiger partial charge in [0.2, 0.25) is 0 Å². The number of carbonyl (C=O) groups is 1. The zero-order chi connectivity index (χ0) is 4.41. The lowest BCUT2D eigenvalue weighted by molar-refractivity contribution is -0.135. The van der Waals surface area contributed by atoms with Crippen LogP contribution in [-0.2, 0) is 9.53 Å². The molecule has 1 rings (SSSR count). The van der Waals surface area contributed by atoms with Crippen molar-refractivity contribution in [3.8, 4) is 0 Å². The molecule has 0 aromatic rings. The minimum Gasteiger partial charge on any atom is -0.465 e. The fourth-order valence-electron chi connectivity index (χ4n) is 0.348. The summed E-state index contributed by atoms with van der Waals surface area (Å²) in [6.07, 6.45) is 3.12. The second-order valence-electron chi connectivity index (χ2n) is 1.06. The normalized spacial score (nSPS) is 21.0. The molecule has 2 heteroatoms. The highest BCUT2D eigenvalue weighted by atomic mass is 16.5. The Morgan fingerprint density at radius 2 is 2.67 bits per heavy atom. The monoisotopic (exact) mass is 84.0 g/mol.